The van der Waals surface area contributed by atoms with Gasteiger partial charge in [0.2, 0.25) is 0 Å². The predicted octanol–water partition coefficient (Wildman–Crippen LogP) is 3.28. The van der Waals surface area contributed by atoms with E-state index in [2.05, 4.69) is 6.07 Å². The third-order valence-corrected chi connectivity index (χ3v) is 2.68. The van der Waals surface area contributed by atoms with Crippen LogP contribution in [0, 0.1) is 11.3 Å². The van der Waals surface area contributed by atoms with Gasteiger partial charge in [0.15, 0.2) is 0 Å². The molecule has 0 aromatic heterocycles. The Bertz CT molecular complexity index is 570. The molecule has 0 spiro atoms. The van der Waals surface area contributed by atoms with Crippen LogP contribution in [0.3, 0.4) is 0 Å². The minimum Gasteiger partial charge on any atom is -0.486 e. The lowest BCUT2D eigenvalue weighted by Gasteiger charge is -2.15. The van der Waals surface area contributed by atoms with E-state index in [9.17, 15) is 0 Å². The standard InChI is InChI=1S/C15H14N2O/c1-11(13-5-7-14(17)8-6-13)18-15-4-2-3-12(9-15)10-16/h2-9,11H,17H2,1H3. The molecule has 3 nitrogen and oxygen atoms in total. The maximum atomic E-state index is 8.82. The molecule has 90 valence electrons. The quantitative estimate of drug-likeness (QED) is 0.835. The molecular formula is C15H14N2O. The summed E-state index contributed by atoms with van der Waals surface area (Å²) in [6.07, 6.45) is -0.0838. The van der Waals surface area contributed by atoms with E-state index < -0.39 is 0 Å². The van der Waals surface area contributed by atoms with Crippen molar-refractivity contribution in [3.8, 4) is 11.8 Å². The van der Waals surface area contributed by atoms with Gasteiger partial charge < -0.3 is 10.5 Å². The predicted molar refractivity (Wildman–Crippen MR) is 71.1 cm³/mol. The molecule has 18 heavy (non-hydrogen) atoms. The minimum atomic E-state index is -0.0838. The van der Waals surface area contributed by atoms with Crippen LogP contribution in [0.1, 0.15) is 24.2 Å². The molecule has 0 bridgehead atoms. The number of nitrogens with zero attached hydrogens (tertiary/aromatic N) is 1. The molecule has 0 heterocycles. The van der Waals surface area contributed by atoms with Crippen LogP contribution < -0.4 is 10.5 Å². The van der Waals surface area contributed by atoms with Crippen molar-refractivity contribution < 1.29 is 4.74 Å². The number of ether oxygens (including phenoxy) is 1. The Kier molecular flexibility index (Phi) is 3.49. The highest BCUT2D eigenvalue weighted by Gasteiger charge is 2.07. The average molecular weight is 238 g/mol. The van der Waals surface area contributed by atoms with Crippen LogP contribution in [-0.4, -0.2) is 0 Å². The van der Waals surface area contributed by atoms with Gasteiger partial charge in [0, 0.05) is 5.69 Å². The largest absolute Gasteiger partial charge is 0.486 e. The first-order valence-corrected chi connectivity index (χ1v) is 5.71. The Labute approximate surface area is 106 Å². The van der Waals surface area contributed by atoms with Gasteiger partial charge in [-0.25, -0.2) is 0 Å². The third-order valence-electron chi connectivity index (χ3n) is 2.68. The zero-order valence-corrected chi connectivity index (χ0v) is 10.1. The Balaban J connectivity index is 2.13. The van der Waals surface area contributed by atoms with Crippen molar-refractivity contribution in [2.45, 2.75) is 13.0 Å². The zero-order valence-electron chi connectivity index (χ0n) is 10.1. The molecule has 0 saturated heterocycles. The zero-order chi connectivity index (χ0) is 13.0. The summed E-state index contributed by atoms with van der Waals surface area (Å²) in [6.45, 7) is 1.96. The van der Waals surface area contributed by atoms with Crippen molar-refractivity contribution in [2.75, 3.05) is 5.73 Å². The molecule has 2 rings (SSSR count). The van der Waals surface area contributed by atoms with Gasteiger partial charge in [-0.2, -0.15) is 5.26 Å². The SMILES string of the molecule is CC(Oc1cccc(C#N)c1)c1ccc(N)cc1. The Hall–Kier alpha value is -2.47. The summed E-state index contributed by atoms with van der Waals surface area (Å²) >= 11 is 0. The maximum Gasteiger partial charge on any atom is 0.121 e. The number of nitrogens with two attached hydrogens (primary N) is 1. The lowest BCUT2D eigenvalue weighted by molar-refractivity contribution is 0.227. The number of hydrogen-bond acceptors (Lipinski definition) is 3. The molecule has 0 radical (unpaired) electrons. The molecule has 0 fully saturated rings. The van der Waals surface area contributed by atoms with E-state index >= 15 is 0 Å². The van der Waals surface area contributed by atoms with Crippen LogP contribution in [0.5, 0.6) is 5.75 Å². The lowest BCUT2D eigenvalue weighted by Crippen LogP contribution is -2.03. The van der Waals surface area contributed by atoms with Crippen molar-refractivity contribution in [3.05, 3.63) is 59.7 Å². The maximum absolute atomic E-state index is 8.82. The van der Waals surface area contributed by atoms with Crippen molar-refractivity contribution in [1.29, 1.82) is 5.26 Å². The van der Waals surface area contributed by atoms with Gasteiger partial charge in [0.25, 0.3) is 0 Å². The van der Waals surface area contributed by atoms with Crippen molar-refractivity contribution in [3.63, 3.8) is 0 Å². The molecule has 0 aliphatic rings. The summed E-state index contributed by atoms with van der Waals surface area (Å²) in [4.78, 5) is 0. The first kappa shape index (κ1) is 12.0. The van der Waals surface area contributed by atoms with E-state index in [0.717, 1.165) is 11.3 Å². The summed E-state index contributed by atoms with van der Waals surface area (Å²) in [5.41, 5.74) is 8.02. The summed E-state index contributed by atoms with van der Waals surface area (Å²) < 4.78 is 5.79. The normalized spacial score (nSPS) is 11.6. The van der Waals surface area contributed by atoms with E-state index in [4.69, 9.17) is 15.7 Å². The van der Waals surface area contributed by atoms with Gasteiger partial charge in [-0.15, -0.1) is 0 Å². The topological polar surface area (TPSA) is 59.0 Å². The van der Waals surface area contributed by atoms with Crippen molar-refractivity contribution in [1.82, 2.24) is 0 Å². The molecule has 1 atom stereocenters. The van der Waals surface area contributed by atoms with Crippen LogP contribution in [0.4, 0.5) is 5.69 Å². The summed E-state index contributed by atoms with van der Waals surface area (Å²) in [7, 11) is 0. The summed E-state index contributed by atoms with van der Waals surface area (Å²) in [5, 5.41) is 8.82. The molecule has 2 aromatic rings. The highest BCUT2D eigenvalue weighted by molar-refractivity contribution is 5.40. The van der Waals surface area contributed by atoms with Gasteiger partial charge in [-0.3, -0.25) is 0 Å². The second-order valence-electron chi connectivity index (χ2n) is 4.07. The number of anilines is 1. The van der Waals surface area contributed by atoms with Gasteiger partial charge in [0.05, 0.1) is 11.6 Å². The highest BCUT2D eigenvalue weighted by atomic mass is 16.5. The first-order chi connectivity index (χ1) is 8.69. The van der Waals surface area contributed by atoms with Crippen molar-refractivity contribution >= 4 is 5.69 Å². The fourth-order valence-corrected chi connectivity index (χ4v) is 1.68. The van der Waals surface area contributed by atoms with Crippen LogP contribution in [0.15, 0.2) is 48.5 Å². The lowest BCUT2D eigenvalue weighted by atomic mass is 10.1. The number of hydrogen-bond donors (Lipinski definition) is 1. The molecule has 0 aliphatic carbocycles. The van der Waals surface area contributed by atoms with E-state index in [1.807, 2.05) is 43.3 Å². The van der Waals surface area contributed by atoms with E-state index in [0.29, 0.717) is 11.3 Å². The van der Waals surface area contributed by atoms with E-state index in [1.54, 1.807) is 12.1 Å². The summed E-state index contributed by atoms with van der Waals surface area (Å²) in [6, 6.07) is 16.8. The van der Waals surface area contributed by atoms with Crippen LogP contribution in [-0.2, 0) is 0 Å². The smallest absolute Gasteiger partial charge is 0.121 e. The second-order valence-corrected chi connectivity index (χ2v) is 4.07. The molecule has 2 N–H and O–H groups in total. The van der Waals surface area contributed by atoms with Crippen molar-refractivity contribution in [2.24, 2.45) is 0 Å². The van der Waals surface area contributed by atoms with E-state index in [-0.39, 0.29) is 6.10 Å². The molecule has 0 aliphatic heterocycles. The van der Waals surface area contributed by atoms with Gasteiger partial charge in [-0.1, -0.05) is 18.2 Å². The van der Waals surface area contributed by atoms with Gasteiger partial charge in [0.1, 0.15) is 11.9 Å². The average Bonchev–Trinajstić information content (AvgIpc) is 2.39. The van der Waals surface area contributed by atoms with Crippen LogP contribution in [0.25, 0.3) is 0 Å². The van der Waals surface area contributed by atoms with Crippen LogP contribution >= 0.6 is 0 Å². The Morgan fingerprint density at radius 1 is 1.17 bits per heavy atom. The molecule has 2 aromatic carbocycles. The fraction of sp³-hybridized carbons (Fsp3) is 0.133. The molecular weight excluding hydrogens is 224 g/mol. The van der Waals surface area contributed by atoms with Crippen LogP contribution in [0.2, 0.25) is 0 Å². The monoisotopic (exact) mass is 238 g/mol. The second kappa shape index (κ2) is 5.24. The first-order valence-electron chi connectivity index (χ1n) is 5.71. The molecule has 0 amide bonds. The number of nitrogen functional groups attached to an aromatic ring is 1. The Morgan fingerprint density at radius 2 is 1.89 bits per heavy atom. The van der Waals surface area contributed by atoms with Gasteiger partial charge in [-0.05, 0) is 42.8 Å². The minimum absolute atomic E-state index is 0.0838. The third kappa shape index (κ3) is 2.80. The molecule has 0 saturated carbocycles. The number of rotatable bonds is 3. The van der Waals surface area contributed by atoms with E-state index in [1.165, 1.54) is 0 Å². The highest BCUT2D eigenvalue weighted by Crippen LogP contribution is 2.22. The number of benzene rings is 2. The number of nitriles is 1. The van der Waals surface area contributed by atoms with Gasteiger partial charge >= 0.3 is 0 Å². The fourth-order valence-electron chi connectivity index (χ4n) is 1.68. The molecule has 1 unspecified atom stereocenters. The Morgan fingerprint density at radius 3 is 2.56 bits per heavy atom. The summed E-state index contributed by atoms with van der Waals surface area (Å²) in [5.74, 6) is 0.693. The molecule has 3 heteroatoms.